The Bertz CT molecular complexity index is 833. The summed E-state index contributed by atoms with van der Waals surface area (Å²) in [6, 6.07) is 13.0. The van der Waals surface area contributed by atoms with E-state index in [9.17, 15) is 13.2 Å². The van der Waals surface area contributed by atoms with Crippen molar-refractivity contribution in [2.45, 2.75) is 24.8 Å². The lowest BCUT2D eigenvalue weighted by molar-refractivity contribution is 0.102. The molecule has 1 amide bonds. The molecule has 24 heavy (non-hydrogen) atoms. The van der Waals surface area contributed by atoms with Crippen LogP contribution in [0.5, 0.6) is 0 Å². The smallest absolute Gasteiger partial charge is 0.255 e. The molecule has 0 aromatic heterocycles. The molecule has 2 aromatic carbocycles. The van der Waals surface area contributed by atoms with Gasteiger partial charge in [0.05, 0.1) is 4.90 Å². The zero-order chi connectivity index (χ0) is 17.9. The van der Waals surface area contributed by atoms with Crippen LogP contribution in [0.4, 0.5) is 5.69 Å². The Hall–Kier alpha value is -1.70. The van der Waals surface area contributed by atoms with Crippen LogP contribution >= 0.6 is 15.9 Å². The fraction of sp³-hybridized carbons (Fsp3) is 0.235. The van der Waals surface area contributed by atoms with Crippen molar-refractivity contribution < 1.29 is 13.2 Å². The van der Waals surface area contributed by atoms with Crippen LogP contribution < -0.4 is 5.32 Å². The maximum atomic E-state index is 12.4. The van der Waals surface area contributed by atoms with Gasteiger partial charge in [-0.15, -0.1) is 0 Å². The molecule has 128 valence electrons. The highest BCUT2D eigenvalue weighted by Crippen LogP contribution is 2.19. The van der Waals surface area contributed by atoms with Crippen LogP contribution in [-0.4, -0.2) is 31.7 Å². The molecule has 0 fully saturated rings. The maximum absolute atomic E-state index is 12.4. The molecule has 0 spiro atoms. The molecule has 0 saturated heterocycles. The van der Waals surface area contributed by atoms with Crippen molar-refractivity contribution in [3.05, 3.63) is 58.6 Å². The summed E-state index contributed by atoms with van der Waals surface area (Å²) in [5.41, 5.74) is 1.05. The number of rotatable bonds is 5. The highest BCUT2D eigenvalue weighted by atomic mass is 79.9. The predicted octanol–water partition coefficient (Wildman–Crippen LogP) is 3.73. The van der Waals surface area contributed by atoms with Gasteiger partial charge in [-0.1, -0.05) is 22.0 Å². The Morgan fingerprint density at radius 1 is 1.12 bits per heavy atom. The average Bonchev–Trinajstić information content (AvgIpc) is 2.54. The maximum Gasteiger partial charge on any atom is 0.255 e. The molecule has 0 aliphatic heterocycles. The largest absolute Gasteiger partial charge is 0.322 e. The molecule has 5 nitrogen and oxygen atoms in total. The monoisotopic (exact) mass is 410 g/mol. The van der Waals surface area contributed by atoms with Crippen molar-refractivity contribution >= 4 is 37.5 Å². The Morgan fingerprint density at radius 2 is 1.75 bits per heavy atom. The molecular formula is C17H19BrN2O3S. The first-order valence-electron chi connectivity index (χ1n) is 7.37. The normalized spacial score (nSPS) is 11.8. The van der Waals surface area contributed by atoms with Crippen molar-refractivity contribution in [3.63, 3.8) is 0 Å². The van der Waals surface area contributed by atoms with E-state index in [0.717, 1.165) is 4.47 Å². The molecule has 0 radical (unpaired) electrons. The van der Waals surface area contributed by atoms with E-state index < -0.39 is 10.0 Å². The van der Waals surface area contributed by atoms with Gasteiger partial charge in [-0.05, 0) is 56.3 Å². The van der Waals surface area contributed by atoms with E-state index in [-0.39, 0.29) is 16.8 Å². The van der Waals surface area contributed by atoms with Crippen LogP contribution in [0.2, 0.25) is 0 Å². The van der Waals surface area contributed by atoms with E-state index in [2.05, 4.69) is 21.2 Å². The molecule has 0 aliphatic rings. The third kappa shape index (κ3) is 4.23. The van der Waals surface area contributed by atoms with Crippen LogP contribution in [0.25, 0.3) is 0 Å². The Balaban J connectivity index is 2.19. The molecule has 0 saturated carbocycles. The van der Waals surface area contributed by atoms with E-state index in [4.69, 9.17) is 0 Å². The van der Waals surface area contributed by atoms with Crippen LogP contribution in [0, 0.1) is 0 Å². The van der Waals surface area contributed by atoms with Crippen LogP contribution in [0.3, 0.4) is 0 Å². The fourth-order valence-corrected chi connectivity index (χ4v) is 3.76. The number of benzene rings is 2. The number of halogens is 1. The van der Waals surface area contributed by atoms with Crippen LogP contribution in [0.15, 0.2) is 57.9 Å². The number of carbonyl (C=O) groups excluding carboxylic acids is 1. The first kappa shape index (κ1) is 18.6. The van der Waals surface area contributed by atoms with Gasteiger partial charge in [-0.3, -0.25) is 4.79 Å². The summed E-state index contributed by atoms with van der Waals surface area (Å²) >= 11 is 3.34. The Kier molecular flexibility index (Phi) is 5.79. The van der Waals surface area contributed by atoms with Gasteiger partial charge in [0.1, 0.15) is 0 Å². The zero-order valence-electron chi connectivity index (χ0n) is 13.7. The minimum atomic E-state index is -3.55. The van der Waals surface area contributed by atoms with E-state index in [1.54, 1.807) is 26.0 Å². The van der Waals surface area contributed by atoms with Gasteiger partial charge in [-0.25, -0.2) is 8.42 Å². The van der Waals surface area contributed by atoms with Crippen LogP contribution in [0.1, 0.15) is 24.2 Å². The summed E-state index contributed by atoms with van der Waals surface area (Å²) in [5, 5.41) is 2.77. The van der Waals surface area contributed by atoms with Crippen molar-refractivity contribution in [1.29, 1.82) is 0 Å². The second kappa shape index (κ2) is 7.46. The molecule has 1 N–H and O–H groups in total. The molecular weight excluding hydrogens is 392 g/mol. The number of hydrogen-bond acceptors (Lipinski definition) is 3. The first-order chi connectivity index (χ1) is 11.2. The fourth-order valence-electron chi connectivity index (χ4n) is 1.99. The number of nitrogens with one attached hydrogen (secondary N) is 1. The lowest BCUT2D eigenvalue weighted by Crippen LogP contribution is -2.33. The van der Waals surface area contributed by atoms with Crippen molar-refractivity contribution in [3.8, 4) is 0 Å². The predicted molar refractivity (Wildman–Crippen MR) is 98.6 cm³/mol. The van der Waals surface area contributed by atoms with Gasteiger partial charge in [0.25, 0.3) is 5.91 Å². The summed E-state index contributed by atoms with van der Waals surface area (Å²) in [6.07, 6.45) is 0. The molecule has 0 heterocycles. The van der Waals surface area contributed by atoms with Crippen molar-refractivity contribution in [1.82, 2.24) is 4.31 Å². The molecule has 0 bridgehead atoms. The van der Waals surface area contributed by atoms with E-state index in [1.165, 1.54) is 35.6 Å². The quantitative estimate of drug-likeness (QED) is 0.816. The van der Waals surface area contributed by atoms with Crippen molar-refractivity contribution in [2.75, 3.05) is 12.4 Å². The third-order valence-corrected chi connectivity index (χ3v) is 6.14. The molecule has 0 atom stereocenters. The standard InChI is InChI=1S/C17H19BrN2O3S/c1-12(2)20(3)24(22,23)16-9-7-13(8-10-16)17(21)19-15-6-4-5-14(18)11-15/h4-12H,1-3H3,(H,19,21). The van der Waals surface area contributed by atoms with E-state index in [1.807, 2.05) is 12.1 Å². The molecule has 7 heteroatoms. The number of nitrogens with zero attached hydrogens (tertiary/aromatic N) is 1. The van der Waals surface area contributed by atoms with Gasteiger partial charge in [0, 0.05) is 28.8 Å². The van der Waals surface area contributed by atoms with Gasteiger partial charge >= 0.3 is 0 Å². The van der Waals surface area contributed by atoms with Gasteiger partial charge in [0.15, 0.2) is 0 Å². The minimum Gasteiger partial charge on any atom is -0.322 e. The molecule has 0 aliphatic carbocycles. The molecule has 2 rings (SSSR count). The SMILES string of the molecule is CC(C)N(C)S(=O)(=O)c1ccc(C(=O)Nc2cccc(Br)c2)cc1. The number of sulfonamides is 1. The first-order valence-corrected chi connectivity index (χ1v) is 9.60. The lowest BCUT2D eigenvalue weighted by Gasteiger charge is -2.21. The summed E-state index contributed by atoms with van der Waals surface area (Å²) in [7, 11) is -2.01. The summed E-state index contributed by atoms with van der Waals surface area (Å²) in [4.78, 5) is 12.4. The topological polar surface area (TPSA) is 66.5 Å². The summed E-state index contributed by atoms with van der Waals surface area (Å²) < 4.78 is 27.0. The van der Waals surface area contributed by atoms with Gasteiger partial charge < -0.3 is 5.32 Å². The second-order valence-electron chi connectivity index (χ2n) is 5.60. The zero-order valence-corrected chi connectivity index (χ0v) is 16.1. The van der Waals surface area contributed by atoms with E-state index in [0.29, 0.717) is 11.3 Å². The van der Waals surface area contributed by atoms with Gasteiger partial charge in [-0.2, -0.15) is 4.31 Å². The molecule has 0 unspecified atom stereocenters. The summed E-state index contributed by atoms with van der Waals surface area (Å²) in [6.45, 7) is 3.61. The number of carbonyl (C=O) groups is 1. The van der Waals surface area contributed by atoms with Crippen LogP contribution in [-0.2, 0) is 10.0 Å². The summed E-state index contributed by atoms with van der Waals surface area (Å²) in [5.74, 6) is -0.297. The Labute approximate surface area is 150 Å². The Morgan fingerprint density at radius 3 is 2.29 bits per heavy atom. The molecule has 2 aromatic rings. The number of hydrogen-bond donors (Lipinski definition) is 1. The second-order valence-corrected chi connectivity index (χ2v) is 8.52. The third-order valence-electron chi connectivity index (χ3n) is 3.60. The highest BCUT2D eigenvalue weighted by molar-refractivity contribution is 9.10. The highest BCUT2D eigenvalue weighted by Gasteiger charge is 2.23. The van der Waals surface area contributed by atoms with Crippen molar-refractivity contribution in [2.24, 2.45) is 0 Å². The number of amides is 1. The van der Waals surface area contributed by atoms with E-state index >= 15 is 0 Å². The lowest BCUT2D eigenvalue weighted by atomic mass is 10.2. The average molecular weight is 411 g/mol. The number of anilines is 1. The van der Waals surface area contributed by atoms with Gasteiger partial charge in [0.2, 0.25) is 10.0 Å². The minimum absolute atomic E-state index is 0.144.